The van der Waals surface area contributed by atoms with Crippen LogP contribution in [0, 0.1) is 0 Å². The number of rotatable bonds is 1. The number of carbonyl (C=O) groups excluding carboxylic acids is 1. The van der Waals surface area contributed by atoms with E-state index in [1.54, 1.807) is 19.3 Å². The van der Waals surface area contributed by atoms with Gasteiger partial charge in [0.15, 0.2) is 0 Å². The molecule has 0 aromatic rings. The summed E-state index contributed by atoms with van der Waals surface area (Å²) in [5.74, 6) is 0. The molecule has 6 heavy (non-hydrogen) atoms. The van der Waals surface area contributed by atoms with E-state index in [0.717, 1.165) is 0 Å². The maximum absolute atomic E-state index is 9.19. The van der Waals surface area contributed by atoms with Crippen LogP contribution in [0.25, 0.3) is 0 Å². The summed E-state index contributed by atoms with van der Waals surface area (Å²) in [6.45, 7) is 1.77. The van der Waals surface area contributed by atoms with Gasteiger partial charge in [-0.15, -0.1) is 6.92 Å². The Bertz CT molecular complexity index is 49.5. The second-order valence-electron chi connectivity index (χ2n) is 0.618. The van der Waals surface area contributed by atoms with E-state index in [9.17, 15) is 4.79 Å². The van der Waals surface area contributed by atoms with Crippen LogP contribution in [-0.4, -0.2) is 6.29 Å². The van der Waals surface area contributed by atoms with Crippen LogP contribution in [0.5, 0.6) is 0 Å². The first-order valence-corrected chi connectivity index (χ1v) is 1.40. The molecule has 0 aromatic heterocycles. The van der Waals surface area contributed by atoms with Gasteiger partial charge in [0.25, 0.3) is 0 Å². The summed E-state index contributed by atoms with van der Waals surface area (Å²) in [5.41, 5.74) is 0. The molecule has 1 nitrogen and oxygen atoms in total. The smallest absolute Gasteiger partial charge is 0 e. The molecule has 0 aliphatic rings. The Hall–Kier alpha value is 0.0983. The third kappa shape index (κ3) is 8.94. The van der Waals surface area contributed by atoms with Gasteiger partial charge in [0.2, 0.25) is 0 Å². The van der Waals surface area contributed by atoms with Crippen molar-refractivity contribution in [3.63, 3.8) is 0 Å². The SMILES string of the molecule is C/C=C\[C-]=O.[W]. The maximum atomic E-state index is 9.19. The van der Waals surface area contributed by atoms with Crippen molar-refractivity contribution in [2.24, 2.45) is 0 Å². The Balaban J connectivity index is 0. The third-order valence-electron chi connectivity index (χ3n) is 0.235. The van der Waals surface area contributed by atoms with Crippen LogP contribution in [-0.2, 0) is 25.9 Å². The number of allylic oxidation sites excluding steroid dienone is 2. The molecule has 0 N–H and O–H groups in total. The van der Waals surface area contributed by atoms with Crippen molar-refractivity contribution in [2.75, 3.05) is 0 Å². The van der Waals surface area contributed by atoms with Crippen molar-refractivity contribution in [2.45, 2.75) is 6.92 Å². The van der Waals surface area contributed by atoms with Gasteiger partial charge in [-0.25, -0.2) is 6.08 Å². The third-order valence-corrected chi connectivity index (χ3v) is 0.235. The van der Waals surface area contributed by atoms with Gasteiger partial charge in [0.05, 0.1) is 0 Å². The van der Waals surface area contributed by atoms with E-state index in [4.69, 9.17) is 0 Å². The minimum Gasteiger partial charge on any atom is -0.419 e. The first-order valence-electron chi connectivity index (χ1n) is 1.40. The summed E-state index contributed by atoms with van der Waals surface area (Å²) in [6.07, 6.45) is 4.54. The predicted octanol–water partition coefficient (Wildman–Crippen LogP) is 0.670. The van der Waals surface area contributed by atoms with E-state index < -0.39 is 0 Å². The summed E-state index contributed by atoms with van der Waals surface area (Å²) >= 11 is 0. The van der Waals surface area contributed by atoms with Crippen LogP contribution in [0.3, 0.4) is 0 Å². The molecule has 0 unspecified atom stereocenters. The molecule has 0 spiro atoms. The van der Waals surface area contributed by atoms with Gasteiger partial charge in [-0.3, -0.25) is 0 Å². The van der Waals surface area contributed by atoms with Gasteiger partial charge in [0.1, 0.15) is 0 Å². The fourth-order valence-corrected chi connectivity index (χ4v) is 0.0680. The molecule has 0 atom stereocenters. The van der Waals surface area contributed by atoms with Crippen LogP contribution < -0.4 is 0 Å². The molecule has 0 amide bonds. The first kappa shape index (κ1) is 9.44. The molecular weight excluding hydrogens is 248 g/mol. The molecule has 0 aliphatic carbocycles. The standard InChI is InChI=1S/C4H5O.W/c1-2-3-4-5;/h2-3H,1H3;/q-1;/b3-2-;. The molecule has 0 fully saturated rings. The average molecular weight is 253 g/mol. The van der Waals surface area contributed by atoms with E-state index in [1.807, 2.05) is 0 Å². The topological polar surface area (TPSA) is 17.1 Å². The largest absolute Gasteiger partial charge is 0.419 e. The van der Waals surface area contributed by atoms with Crippen LogP contribution in [0.2, 0.25) is 0 Å². The van der Waals surface area contributed by atoms with Gasteiger partial charge in [0, 0.05) is 21.1 Å². The van der Waals surface area contributed by atoms with Crippen molar-refractivity contribution < 1.29 is 25.9 Å². The minimum absolute atomic E-state index is 0. The van der Waals surface area contributed by atoms with Crippen molar-refractivity contribution >= 4 is 6.29 Å². The summed E-state index contributed by atoms with van der Waals surface area (Å²) in [6, 6.07) is 0. The summed E-state index contributed by atoms with van der Waals surface area (Å²) in [7, 11) is 0. The predicted molar refractivity (Wildman–Crippen MR) is 20.5 cm³/mol. The number of hydrogen-bond acceptors (Lipinski definition) is 1. The Morgan fingerprint density at radius 2 is 2.17 bits per heavy atom. The van der Waals surface area contributed by atoms with Crippen molar-refractivity contribution in [3.8, 4) is 0 Å². The molecule has 2 heteroatoms. The second-order valence-corrected chi connectivity index (χ2v) is 0.618. The average Bonchev–Trinajstić information content (AvgIpc) is 1.41. The summed E-state index contributed by atoms with van der Waals surface area (Å²) in [5, 5.41) is 0. The Morgan fingerprint density at radius 3 is 2.17 bits per heavy atom. The van der Waals surface area contributed by atoms with Crippen molar-refractivity contribution in [3.05, 3.63) is 12.2 Å². The molecule has 0 bridgehead atoms. The molecular formula is C4H5OW-. The molecule has 0 rings (SSSR count). The van der Waals surface area contributed by atoms with Gasteiger partial charge in [-0.2, -0.15) is 6.08 Å². The van der Waals surface area contributed by atoms with Crippen LogP contribution >= 0.6 is 0 Å². The van der Waals surface area contributed by atoms with E-state index >= 15 is 0 Å². The summed E-state index contributed by atoms with van der Waals surface area (Å²) < 4.78 is 0. The Morgan fingerprint density at radius 1 is 1.67 bits per heavy atom. The van der Waals surface area contributed by atoms with E-state index in [-0.39, 0.29) is 21.1 Å². The molecule has 0 radical (unpaired) electrons. The fourth-order valence-electron chi connectivity index (χ4n) is 0.0680. The molecule has 0 saturated carbocycles. The molecule has 34 valence electrons. The number of hydrogen-bond donors (Lipinski definition) is 0. The zero-order valence-corrected chi connectivity index (χ0v) is 6.40. The van der Waals surface area contributed by atoms with E-state index in [1.165, 1.54) is 6.08 Å². The minimum atomic E-state index is 0. The molecule has 0 saturated heterocycles. The van der Waals surface area contributed by atoms with Crippen LogP contribution in [0.1, 0.15) is 6.92 Å². The van der Waals surface area contributed by atoms with Gasteiger partial charge in [-0.1, -0.05) is 0 Å². The Labute approximate surface area is 51.7 Å². The van der Waals surface area contributed by atoms with Crippen molar-refractivity contribution in [1.29, 1.82) is 0 Å². The van der Waals surface area contributed by atoms with Crippen LogP contribution in [0.15, 0.2) is 12.2 Å². The molecule has 0 aromatic carbocycles. The van der Waals surface area contributed by atoms with Gasteiger partial charge >= 0.3 is 0 Å². The van der Waals surface area contributed by atoms with E-state index in [0.29, 0.717) is 0 Å². The molecule has 0 aliphatic heterocycles. The fraction of sp³-hybridized carbons (Fsp3) is 0.250. The van der Waals surface area contributed by atoms with Gasteiger partial charge < -0.3 is 4.79 Å². The van der Waals surface area contributed by atoms with Crippen LogP contribution in [0.4, 0.5) is 0 Å². The van der Waals surface area contributed by atoms with E-state index in [2.05, 4.69) is 0 Å². The zero-order chi connectivity index (χ0) is 4.12. The second kappa shape index (κ2) is 8.92. The Kier molecular flexibility index (Phi) is 14.0. The molecule has 0 heterocycles. The first-order chi connectivity index (χ1) is 2.41. The zero-order valence-electron chi connectivity index (χ0n) is 3.47. The van der Waals surface area contributed by atoms with Crippen molar-refractivity contribution in [1.82, 2.24) is 0 Å². The normalized spacial score (nSPS) is 7.50. The summed E-state index contributed by atoms with van der Waals surface area (Å²) in [4.78, 5) is 9.19. The van der Waals surface area contributed by atoms with Gasteiger partial charge in [-0.05, 0) is 6.29 Å². The monoisotopic (exact) mass is 253 g/mol. The maximum Gasteiger partial charge on any atom is 0 e. The quantitative estimate of drug-likeness (QED) is 0.495.